The van der Waals surface area contributed by atoms with Crippen LogP contribution in [-0.2, 0) is 75.7 Å². The minimum atomic E-state index is 0. The molecule has 4 rings (SSSR count). The largest absolute Gasteiger partial charge is 0 e. The third kappa shape index (κ3) is 19.6. The monoisotopic (exact) mass is 692 g/mol. The normalized spacial score (nSPS) is 9.26. The fraction of sp³-hybridized carbons (Fsp3) is 0.167. The SMILES string of the molecule is Cc1ccccc1[C@@H](NCc1ccccc1)[C@H](NCc1ccccc1)c1ccccc1C.[C-]#[O+].[C-]#[O+].[C-]#[O+].[C-]#[O+].[C-]#[O+].[C-]#[O+].[Cr].[Cr]. The predicted molar refractivity (Wildman–Crippen MR) is 158 cm³/mol. The van der Waals surface area contributed by atoms with Gasteiger partial charge in [-0.2, -0.15) is 0 Å². The van der Waals surface area contributed by atoms with Crippen LogP contribution in [0.4, 0.5) is 0 Å². The molecule has 0 aliphatic carbocycles. The molecule has 8 nitrogen and oxygen atoms in total. The van der Waals surface area contributed by atoms with Gasteiger partial charge < -0.3 is 10.6 Å². The van der Waals surface area contributed by atoms with E-state index >= 15 is 0 Å². The third-order valence-electron chi connectivity index (χ3n) is 6.12. The molecule has 10 heteroatoms. The molecular formula is C36H32Cr2N2O6. The maximum atomic E-state index is 7.50. The van der Waals surface area contributed by atoms with Gasteiger partial charge in [-0.05, 0) is 47.2 Å². The van der Waals surface area contributed by atoms with E-state index in [0.29, 0.717) is 0 Å². The smallest absolute Gasteiger partial charge is 0 e. The van der Waals surface area contributed by atoms with Crippen LogP contribution in [0, 0.1) is 53.7 Å². The van der Waals surface area contributed by atoms with Gasteiger partial charge in [0.25, 0.3) is 0 Å². The van der Waals surface area contributed by atoms with Crippen LogP contribution in [0.5, 0.6) is 0 Å². The van der Waals surface area contributed by atoms with Crippen molar-refractivity contribution >= 4 is 0 Å². The van der Waals surface area contributed by atoms with Crippen LogP contribution in [0.3, 0.4) is 0 Å². The van der Waals surface area contributed by atoms with Crippen molar-refractivity contribution in [3.63, 3.8) is 0 Å². The summed E-state index contributed by atoms with van der Waals surface area (Å²) in [7, 11) is 0. The minimum absolute atomic E-state index is 0. The molecule has 0 aliphatic rings. The second-order valence-corrected chi connectivity index (χ2v) is 8.40. The average Bonchev–Trinajstić information content (AvgIpc) is 3.13. The maximum Gasteiger partial charge on any atom is 0 e. The molecule has 46 heavy (non-hydrogen) atoms. The molecule has 0 heterocycles. The van der Waals surface area contributed by atoms with Gasteiger partial charge in [0.1, 0.15) is 0 Å². The second-order valence-electron chi connectivity index (χ2n) is 8.40. The summed E-state index contributed by atoms with van der Waals surface area (Å²) < 4.78 is 45.0. The Morgan fingerprint density at radius 2 is 0.652 bits per heavy atom. The topological polar surface area (TPSA) is 143 Å². The van der Waals surface area contributed by atoms with Crippen LogP contribution >= 0.6 is 0 Å². The Bertz CT molecular complexity index is 1270. The molecular weight excluding hydrogens is 660 g/mol. The molecule has 0 radical (unpaired) electrons. The van der Waals surface area contributed by atoms with E-state index in [4.69, 9.17) is 27.9 Å². The second kappa shape index (κ2) is 37.5. The molecule has 4 aromatic carbocycles. The molecule has 4 aromatic rings. The van der Waals surface area contributed by atoms with Crippen molar-refractivity contribution in [3.8, 4) is 0 Å². The Morgan fingerprint density at radius 3 is 0.913 bits per heavy atom. The summed E-state index contributed by atoms with van der Waals surface area (Å²) in [6.07, 6.45) is 0. The van der Waals surface area contributed by atoms with E-state index in [1.54, 1.807) is 0 Å². The average molecular weight is 693 g/mol. The number of benzene rings is 4. The van der Waals surface area contributed by atoms with E-state index in [1.807, 2.05) is 0 Å². The Morgan fingerprint density at radius 1 is 0.413 bits per heavy atom. The Balaban J connectivity index is -0.000000360. The fourth-order valence-corrected chi connectivity index (χ4v) is 4.33. The summed E-state index contributed by atoms with van der Waals surface area (Å²) in [5.41, 5.74) is 7.85. The van der Waals surface area contributed by atoms with Gasteiger partial charge in [0.15, 0.2) is 0 Å². The quantitative estimate of drug-likeness (QED) is 0.154. The number of nitrogens with one attached hydrogen (secondary N) is 2. The van der Waals surface area contributed by atoms with Crippen molar-refractivity contribution in [2.45, 2.75) is 39.0 Å². The molecule has 0 fully saturated rings. The molecule has 0 saturated heterocycles. The Labute approximate surface area is 293 Å². The van der Waals surface area contributed by atoms with E-state index < -0.39 is 0 Å². The summed E-state index contributed by atoms with van der Waals surface area (Å²) in [5, 5.41) is 7.79. The first-order chi connectivity index (χ1) is 21.7. The van der Waals surface area contributed by atoms with Gasteiger partial charge in [-0.15, -0.1) is 0 Å². The van der Waals surface area contributed by atoms with Gasteiger partial charge in [-0.25, -0.2) is 0 Å². The van der Waals surface area contributed by atoms with Crippen LogP contribution in [-0.4, -0.2) is 0 Å². The predicted octanol–water partition coefficient (Wildman–Crippen LogP) is 6.44. The van der Waals surface area contributed by atoms with Crippen molar-refractivity contribution in [1.82, 2.24) is 10.6 Å². The molecule has 0 aromatic heterocycles. The first-order valence-electron chi connectivity index (χ1n) is 12.6. The van der Waals surface area contributed by atoms with E-state index in [2.05, 4.69) is 174 Å². The Kier molecular flexibility index (Phi) is 42.3. The van der Waals surface area contributed by atoms with E-state index in [1.165, 1.54) is 33.4 Å². The summed E-state index contributed by atoms with van der Waals surface area (Å²) in [6, 6.07) is 39.0. The first kappa shape index (κ1) is 51.9. The number of aryl methyl sites for hydroxylation is 2. The number of hydrogen-bond donors (Lipinski definition) is 2. The van der Waals surface area contributed by atoms with Gasteiger partial charge in [0, 0.05) is 47.8 Å². The number of rotatable bonds is 9. The van der Waals surface area contributed by atoms with Crippen LogP contribution < -0.4 is 10.6 Å². The van der Waals surface area contributed by atoms with Crippen molar-refractivity contribution in [1.29, 1.82) is 0 Å². The van der Waals surface area contributed by atoms with Crippen molar-refractivity contribution in [2.24, 2.45) is 0 Å². The molecule has 0 aliphatic heterocycles. The molecule has 234 valence electrons. The fourth-order valence-electron chi connectivity index (χ4n) is 4.33. The van der Waals surface area contributed by atoms with Gasteiger partial charge >= 0.3 is 67.8 Å². The standard InChI is InChI=1S/C30H32N2.6CO.2Cr/c1-23-13-9-11-19-27(23)29(31-21-25-15-5-3-6-16-25)30(28-20-12-10-14-24(28)2)32-22-26-17-7-4-8-18-26;6*1-2;;/h3-20,29-32H,21-22H2,1-2H3;;;;;;;;/t29-,30-;;;;;;;;/m1......../s1. The molecule has 2 N–H and O–H groups in total. The summed E-state index contributed by atoms with van der Waals surface area (Å²) in [5.74, 6) is 0. The minimum Gasteiger partial charge on any atom is 0 e. The van der Waals surface area contributed by atoms with Crippen molar-refractivity contribution in [2.75, 3.05) is 0 Å². The zero-order valence-corrected chi connectivity index (χ0v) is 27.8. The number of hydrogen-bond acceptors (Lipinski definition) is 2. The van der Waals surface area contributed by atoms with Crippen LogP contribution in [0.2, 0.25) is 0 Å². The third-order valence-corrected chi connectivity index (χ3v) is 6.12. The van der Waals surface area contributed by atoms with Gasteiger partial charge in [0.05, 0.1) is 12.1 Å². The van der Waals surface area contributed by atoms with Crippen molar-refractivity contribution < 1.29 is 62.6 Å². The van der Waals surface area contributed by atoms with E-state index in [9.17, 15) is 0 Å². The van der Waals surface area contributed by atoms with Crippen LogP contribution in [0.25, 0.3) is 0 Å². The molecule has 0 bridgehead atoms. The summed E-state index contributed by atoms with van der Waals surface area (Å²) >= 11 is 0. The first-order valence-corrected chi connectivity index (χ1v) is 12.6. The molecule has 0 saturated carbocycles. The molecule has 2 atom stereocenters. The van der Waals surface area contributed by atoms with Gasteiger partial charge in [0.2, 0.25) is 0 Å². The molecule has 0 spiro atoms. The van der Waals surface area contributed by atoms with Crippen LogP contribution in [0.15, 0.2) is 109 Å². The van der Waals surface area contributed by atoms with Gasteiger partial charge in [-0.3, -0.25) is 0 Å². The maximum absolute atomic E-state index is 7.50. The zero-order valence-electron chi connectivity index (χ0n) is 25.2. The van der Waals surface area contributed by atoms with Crippen molar-refractivity contribution in [3.05, 3.63) is 182 Å². The zero-order chi connectivity index (χ0) is 34.2. The van der Waals surface area contributed by atoms with E-state index in [0.717, 1.165) is 13.1 Å². The Hall–Kier alpha value is -3.70. The summed E-state index contributed by atoms with van der Waals surface area (Å²) in [6.45, 7) is 33.0. The molecule has 0 unspecified atom stereocenters. The molecule has 0 amide bonds. The van der Waals surface area contributed by atoms with Crippen LogP contribution in [0.1, 0.15) is 45.5 Å². The van der Waals surface area contributed by atoms with E-state index in [-0.39, 0.29) is 46.8 Å². The van der Waals surface area contributed by atoms with Gasteiger partial charge in [-0.1, -0.05) is 109 Å². The summed E-state index contributed by atoms with van der Waals surface area (Å²) in [4.78, 5) is 0.